The SMILES string of the molecule is CCCCCCC(CCCCCC)N1C(=O)c2ccc3c4cccc5c(-c6ccc7c8ccc9c%10c(ccc(c%11cccc6c%117)c%108)C(=O)N(C(CCCCCC)CCCCCC)C9=O)ccc(c6ccc(c2c36)C1=O)c54. The fourth-order valence-corrected chi connectivity index (χ4v) is 14.2. The predicted octanol–water partition coefficient (Wildman–Crippen LogP) is 19.3. The summed E-state index contributed by atoms with van der Waals surface area (Å²) in [7, 11) is 0. The zero-order valence-corrected chi connectivity index (χ0v) is 45.2. The first-order valence-corrected chi connectivity index (χ1v) is 29.4. The van der Waals surface area contributed by atoms with Crippen molar-refractivity contribution in [1.82, 2.24) is 9.80 Å². The van der Waals surface area contributed by atoms with E-state index in [-0.39, 0.29) is 35.7 Å². The highest BCUT2D eigenvalue weighted by atomic mass is 16.2. The van der Waals surface area contributed by atoms with Gasteiger partial charge in [0, 0.05) is 45.1 Å². The summed E-state index contributed by atoms with van der Waals surface area (Å²) < 4.78 is 0. The Kier molecular flexibility index (Phi) is 13.7. The van der Waals surface area contributed by atoms with Crippen molar-refractivity contribution in [2.75, 3.05) is 0 Å². The van der Waals surface area contributed by atoms with Crippen LogP contribution in [-0.2, 0) is 0 Å². The van der Waals surface area contributed by atoms with Crippen LogP contribution in [0.4, 0.5) is 0 Å². The second-order valence-corrected chi connectivity index (χ2v) is 22.6. The average Bonchev–Trinajstić information content (AvgIpc) is 3.64. The summed E-state index contributed by atoms with van der Waals surface area (Å²) in [6.07, 6.45) is 21.2. The highest BCUT2D eigenvalue weighted by Crippen LogP contribution is 2.50. The van der Waals surface area contributed by atoms with E-state index in [0.717, 1.165) is 189 Å². The van der Waals surface area contributed by atoms with Gasteiger partial charge in [0.25, 0.3) is 23.6 Å². The number of imide groups is 2. The van der Waals surface area contributed by atoms with E-state index >= 15 is 0 Å². The van der Waals surface area contributed by atoms with Gasteiger partial charge < -0.3 is 0 Å². The van der Waals surface area contributed by atoms with Gasteiger partial charge >= 0.3 is 0 Å². The Labute approximate surface area is 447 Å². The molecule has 4 amide bonds. The molecule has 0 fully saturated rings. The lowest BCUT2D eigenvalue weighted by atomic mass is 9.81. The molecule has 0 aromatic heterocycles. The van der Waals surface area contributed by atoms with E-state index < -0.39 is 0 Å². The van der Waals surface area contributed by atoms with E-state index in [1.54, 1.807) is 9.80 Å². The Bertz CT molecular complexity index is 3480. The van der Waals surface area contributed by atoms with Gasteiger partial charge in [0.15, 0.2) is 0 Å². The number of nitrogens with zero attached hydrogens (tertiary/aromatic N) is 2. The van der Waals surface area contributed by atoms with E-state index in [1.165, 1.54) is 36.5 Å². The van der Waals surface area contributed by atoms with Gasteiger partial charge in [0.1, 0.15) is 0 Å². The minimum Gasteiger partial charge on any atom is -0.271 e. The molecule has 0 saturated heterocycles. The zero-order chi connectivity index (χ0) is 52.2. The van der Waals surface area contributed by atoms with Crippen LogP contribution in [0.1, 0.15) is 198 Å². The van der Waals surface area contributed by atoms with E-state index in [1.807, 2.05) is 24.3 Å². The molecule has 0 aliphatic carbocycles. The van der Waals surface area contributed by atoms with Gasteiger partial charge in [0.2, 0.25) is 0 Å². The van der Waals surface area contributed by atoms with Crippen molar-refractivity contribution in [2.45, 2.75) is 168 Å². The van der Waals surface area contributed by atoms with Crippen LogP contribution in [0.5, 0.6) is 0 Å². The zero-order valence-electron chi connectivity index (χ0n) is 45.2. The van der Waals surface area contributed by atoms with Crippen LogP contribution in [0, 0.1) is 0 Å². The predicted molar refractivity (Wildman–Crippen MR) is 318 cm³/mol. The van der Waals surface area contributed by atoms with Crippen LogP contribution in [0.2, 0.25) is 0 Å². The van der Waals surface area contributed by atoms with Gasteiger partial charge in [-0.2, -0.15) is 0 Å². The highest BCUT2D eigenvalue weighted by Gasteiger charge is 2.40. The summed E-state index contributed by atoms with van der Waals surface area (Å²) in [6.45, 7) is 8.87. The van der Waals surface area contributed by atoms with Crippen LogP contribution in [-0.4, -0.2) is 45.5 Å². The van der Waals surface area contributed by atoms with E-state index in [4.69, 9.17) is 0 Å². The number of benzene rings is 10. The Morgan fingerprint density at radius 3 is 0.803 bits per heavy atom. The molecule has 10 aromatic carbocycles. The van der Waals surface area contributed by atoms with Crippen molar-refractivity contribution in [1.29, 1.82) is 0 Å². The van der Waals surface area contributed by atoms with Gasteiger partial charge in [-0.3, -0.25) is 29.0 Å². The van der Waals surface area contributed by atoms with Crippen LogP contribution in [0.3, 0.4) is 0 Å². The average molecular weight is 1010 g/mol. The number of amides is 4. The number of hydrogen-bond acceptors (Lipinski definition) is 4. The number of fused-ring (bicyclic) bond motifs is 4. The molecule has 0 bridgehead atoms. The number of carbonyl (C=O) groups is 4. The summed E-state index contributed by atoms with van der Waals surface area (Å²) in [6, 6.07) is 38.5. The van der Waals surface area contributed by atoms with Crippen LogP contribution >= 0.6 is 0 Å². The van der Waals surface area contributed by atoms with Crippen LogP contribution in [0.25, 0.3) is 97.3 Å². The number of hydrogen-bond donors (Lipinski definition) is 0. The molecular weight excluding hydrogens is 933 g/mol. The summed E-state index contributed by atoms with van der Waals surface area (Å²) in [5.41, 5.74) is 4.81. The topological polar surface area (TPSA) is 74.8 Å². The third-order valence-electron chi connectivity index (χ3n) is 17.9. The minimum absolute atomic E-state index is 0.105. The molecule has 10 aromatic rings. The Morgan fingerprint density at radius 1 is 0.263 bits per heavy atom. The fraction of sp³-hybridized carbons (Fsp3) is 0.371. The van der Waals surface area contributed by atoms with Crippen LogP contribution < -0.4 is 0 Å². The first-order chi connectivity index (χ1) is 37.3. The molecule has 386 valence electrons. The summed E-state index contributed by atoms with van der Waals surface area (Å²) >= 11 is 0. The molecule has 0 spiro atoms. The fourth-order valence-electron chi connectivity index (χ4n) is 14.2. The summed E-state index contributed by atoms with van der Waals surface area (Å²) in [5.74, 6) is -0.607. The molecule has 0 radical (unpaired) electrons. The first kappa shape index (κ1) is 49.9. The second-order valence-electron chi connectivity index (χ2n) is 22.6. The lowest BCUT2D eigenvalue weighted by molar-refractivity contribution is 0.0501. The number of rotatable bonds is 23. The first-order valence-electron chi connectivity index (χ1n) is 29.4. The van der Waals surface area contributed by atoms with Crippen molar-refractivity contribution in [3.05, 3.63) is 131 Å². The van der Waals surface area contributed by atoms with Crippen LogP contribution in [0.15, 0.2) is 109 Å². The van der Waals surface area contributed by atoms with Crippen molar-refractivity contribution in [3.8, 4) is 11.1 Å². The summed E-state index contributed by atoms with van der Waals surface area (Å²) in [4.78, 5) is 62.4. The molecule has 2 aliphatic heterocycles. The van der Waals surface area contributed by atoms with E-state index in [0.29, 0.717) is 22.3 Å². The molecular formula is C70H72N2O4. The molecule has 76 heavy (non-hydrogen) atoms. The largest absolute Gasteiger partial charge is 0.271 e. The van der Waals surface area contributed by atoms with Gasteiger partial charge in [-0.05, 0) is 136 Å². The molecule has 12 rings (SSSR count). The molecule has 0 N–H and O–H groups in total. The molecule has 0 saturated carbocycles. The van der Waals surface area contributed by atoms with Gasteiger partial charge in [-0.1, -0.05) is 215 Å². The van der Waals surface area contributed by atoms with Crippen molar-refractivity contribution >= 4 is 110 Å². The van der Waals surface area contributed by atoms with Crippen molar-refractivity contribution < 1.29 is 19.2 Å². The second kappa shape index (κ2) is 20.9. The molecule has 6 nitrogen and oxygen atoms in total. The third kappa shape index (κ3) is 8.02. The molecule has 2 heterocycles. The van der Waals surface area contributed by atoms with E-state index in [9.17, 15) is 19.2 Å². The maximum atomic E-state index is 14.8. The smallest absolute Gasteiger partial charge is 0.261 e. The number of unbranched alkanes of at least 4 members (excludes halogenated alkanes) is 12. The highest BCUT2D eigenvalue weighted by molar-refractivity contribution is 6.41. The normalized spacial score (nSPS) is 14.1. The molecule has 0 atom stereocenters. The lowest BCUT2D eigenvalue weighted by Gasteiger charge is -2.35. The summed E-state index contributed by atoms with van der Waals surface area (Å²) in [5, 5.41) is 16.8. The minimum atomic E-state index is -0.152. The standard InChI is InChI=1S/C70H72N2O4/c1-5-9-13-17-23-43(24-18-14-10-6-2)71-67(73)57-39-35-53-49-29-21-27-47-45(31-33-51(61(47)49)55-37-41-59(69(71)75)65(57)63(53)55)46-32-34-52-56-38-42-60-66-58(40-36-54(64(56)66)50-30-22-28-48(46)62(50)52)68(74)72(70(60)76)44(25-19-15-11-7-3)26-20-16-12-8-4/h21-22,27-44H,5-20,23-26H2,1-4H3. The van der Waals surface area contributed by atoms with Crippen molar-refractivity contribution in [2.24, 2.45) is 0 Å². The lowest BCUT2D eigenvalue weighted by Crippen LogP contribution is -2.47. The Balaban J connectivity index is 0.950. The molecule has 2 aliphatic rings. The molecule has 0 unspecified atom stereocenters. The monoisotopic (exact) mass is 1000 g/mol. The Hall–Kier alpha value is -6.92. The maximum absolute atomic E-state index is 14.8. The van der Waals surface area contributed by atoms with Gasteiger partial charge in [-0.25, -0.2) is 0 Å². The third-order valence-corrected chi connectivity index (χ3v) is 17.9. The quantitative estimate of drug-likeness (QED) is 0.0277. The maximum Gasteiger partial charge on any atom is 0.261 e. The van der Waals surface area contributed by atoms with E-state index in [2.05, 4.69) is 113 Å². The van der Waals surface area contributed by atoms with Gasteiger partial charge in [-0.15, -0.1) is 0 Å². The number of carbonyl (C=O) groups excluding carboxylic acids is 4. The van der Waals surface area contributed by atoms with Crippen molar-refractivity contribution in [3.63, 3.8) is 0 Å². The van der Waals surface area contributed by atoms with Gasteiger partial charge in [0.05, 0.1) is 0 Å². The molecule has 6 heteroatoms. The Morgan fingerprint density at radius 2 is 0.513 bits per heavy atom.